The summed E-state index contributed by atoms with van der Waals surface area (Å²) in [6.07, 6.45) is -4.41. The molecule has 1 aliphatic heterocycles. The summed E-state index contributed by atoms with van der Waals surface area (Å²) >= 11 is 0. The molecule has 1 aliphatic rings. The monoisotopic (exact) mass is 473 g/mol. The predicted octanol–water partition coefficient (Wildman–Crippen LogP) is 3.10. The number of ether oxygens (including phenoxy) is 1. The summed E-state index contributed by atoms with van der Waals surface area (Å²) in [7, 11) is 0. The second-order valence-electron chi connectivity index (χ2n) is 7.75. The first-order valence-corrected chi connectivity index (χ1v) is 10.6. The molecule has 2 aromatic carbocycles. The fraction of sp³-hybridized carbons (Fsp3) is 0.304. The Hall–Kier alpha value is -3.89. The minimum Gasteiger partial charge on any atom is -0.451 e. The first-order chi connectivity index (χ1) is 16.2. The second-order valence-corrected chi connectivity index (χ2v) is 7.75. The number of esters is 1. The van der Waals surface area contributed by atoms with E-state index in [1.165, 1.54) is 15.8 Å². The molecule has 1 saturated heterocycles. The molecule has 0 bridgehead atoms. The number of amides is 1. The number of benzene rings is 2. The van der Waals surface area contributed by atoms with Crippen LogP contribution in [0.3, 0.4) is 0 Å². The number of piperazine rings is 1. The summed E-state index contributed by atoms with van der Waals surface area (Å²) in [5.41, 5.74) is 0.807. The van der Waals surface area contributed by atoms with Crippen LogP contribution in [0, 0.1) is 6.92 Å². The lowest BCUT2D eigenvalue weighted by atomic mass is 10.1. The summed E-state index contributed by atoms with van der Waals surface area (Å²) < 4.78 is 44.1. The Kier molecular flexibility index (Phi) is 6.53. The molecule has 0 spiro atoms. The molecule has 3 aromatic rings. The van der Waals surface area contributed by atoms with Crippen molar-refractivity contribution in [2.75, 3.05) is 37.7 Å². The maximum Gasteiger partial charge on any atom is 0.416 e. The normalized spacial score (nSPS) is 14.2. The molecule has 0 saturated carbocycles. The van der Waals surface area contributed by atoms with Crippen molar-refractivity contribution in [2.24, 2.45) is 0 Å². The zero-order chi connectivity index (χ0) is 24.3. The number of carbonyl (C=O) groups is 2. The van der Waals surface area contributed by atoms with Gasteiger partial charge in [0.1, 0.15) is 0 Å². The topological polar surface area (TPSA) is 80.6 Å². The van der Waals surface area contributed by atoms with E-state index >= 15 is 0 Å². The van der Waals surface area contributed by atoms with Crippen molar-refractivity contribution < 1.29 is 27.5 Å². The van der Waals surface area contributed by atoms with Crippen LogP contribution in [0.4, 0.5) is 18.9 Å². The minimum atomic E-state index is -4.41. The number of para-hydroxylation sites is 1. The number of aromatic nitrogens is 3. The first-order valence-electron chi connectivity index (χ1n) is 10.6. The molecule has 0 aliphatic carbocycles. The number of carbonyl (C=O) groups excluding carboxylic acids is 2. The van der Waals surface area contributed by atoms with E-state index in [-0.39, 0.29) is 11.6 Å². The van der Waals surface area contributed by atoms with Gasteiger partial charge in [0.25, 0.3) is 5.91 Å². The van der Waals surface area contributed by atoms with Crippen LogP contribution < -0.4 is 4.90 Å². The Morgan fingerprint density at radius 1 is 0.941 bits per heavy atom. The molecule has 0 atom stereocenters. The molecule has 34 heavy (non-hydrogen) atoms. The van der Waals surface area contributed by atoms with E-state index in [9.17, 15) is 22.8 Å². The van der Waals surface area contributed by atoms with E-state index in [1.807, 2.05) is 18.2 Å². The van der Waals surface area contributed by atoms with Gasteiger partial charge in [0.05, 0.1) is 16.9 Å². The number of anilines is 1. The molecular weight excluding hydrogens is 451 g/mol. The Morgan fingerprint density at radius 2 is 1.62 bits per heavy atom. The minimum absolute atomic E-state index is 0.0195. The standard InChI is InChI=1S/C23H22F3N5O3/c1-16-21(28-31(27-16)18-7-3-2-4-8-18)22(33)34-15-20(32)30-12-10-29(11-13-30)19-9-5-6-17(14-19)23(24,25)26/h2-9,14H,10-13,15H2,1H3. The van der Waals surface area contributed by atoms with Crippen LogP contribution in [0.15, 0.2) is 54.6 Å². The fourth-order valence-electron chi connectivity index (χ4n) is 3.62. The summed E-state index contributed by atoms with van der Waals surface area (Å²) in [6, 6.07) is 14.2. The van der Waals surface area contributed by atoms with Crippen molar-refractivity contribution >= 4 is 17.6 Å². The lowest BCUT2D eigenvalue weighted by Crippen LogP contribution is -2.50. The molecule has 0 unspecified atom stereocenters. The molecule has 11 heteroatoms. The van der Waals surface area contributed by atoms with Gasteiger partial charge in [-0.2, -0.15) is 23.1 Å². The fourth-order valence-corrected chi connectivity index (χ4v) is 3.62. The number of nitrogens with zero attached hydrogens (tertiary/aromatic N) is 5. The summed E-state index contributed by atoms with van der Waals surface area (Å²) in [5.74, 6) is -1.14. The number of alkyl halides is 3. The number of aryl methyl sites for hydroxylation is 1. The van der Waals surface area contributed by atoms with Crippen LogP contribution in [-0.4, -0.2) is 64.6 Å². The van der Waals surface area contributed by atoms with Gasteiger partial charge in [0.15, 0.2) is 12.3 Å². The van der Waals surface area contributed by atoms with Crippen LogP contribution >= 0.6 is 0 Å². The number of hydrogen-bond donors (Lipinski definition) is 0. The third-order valence-electron chi connectivity index (χ3n) is 5.46. The Balaban J connectivity index is 1.30. The zero-order valence-electron chi connectivity index (χ0n) is 18.3. The highest BCUT2D eigenvalue weighted by Crippen LogP contribution is 2.31. The zero-order valence-corrected chi connectivity index (χ0v) is 18.3. The van der Waals surface area contributed by atoms with E-state index in [1.54, 1.807) is 30.0 Å². The maximum absolute atomic E-state index is 13.0. The Labute approximate surface area is 193 Å². The van der Waals surface area contributed by atoms with Gasteiger partial charge in [0.2, 0.25) is 0 Å². The van der Waals surface area contributed by atoms with Gasteiger partial charge in [-0.3, -0.25) is 4.79 Å². The summed E-state index contributed by atoms with van der Waals surface area (Å²) in [4.78, 5) is 29.6. The number of rotatable bonds is 5. The van der Waals surface area contributed by atoms with Crippen LogP contribution in [-0.2, 0) is 15.7 Å². The SMILES string of the molecule is Cc1nn(-c2ccccc2)nc1C(=O)OCC(=O)N1CCN(c2cccc(C(F)(F)F)c2)CC1. The van der Waals surface area contributed by atoms with Crippen molar-refractivity contribution in [3.05, 3.63) is 71.5 Å². The number of halogens is 3. The molecule has 8 nitrogen and oxygen atoms in total. The van der Waals surface area contributed by atoms with E-state index in [4.69, 9.17) is 4.74 Å². The van der Waals surface area contributed by atoms with Crippen molar-refractivity contribution in [3.63, 3.8) is 0 Å². The van der Waals surface area contributed by atoms with Gasteiger partial charge < -0.3 is 14.5 Å². The van der Waals surface area contributed by atoms with Gasteiger partial charge in [-0.25, -0.2) is 4.79 Å². The average molecular weight is 473 g/mol. The third-order valence-corrected chi connectivity index (χ3v) is 5.46. The largest absolute Gasteiger partial charge is 0.451 e. The van der Waals surface area contributed by atoms with Crippen molar-refractivity contribution in [3.8, 4) is 5.69 Å². The smallest absolute Gasteiger partial charge is 0.416 e. The molecule has 1 fully saturated rings. The lowest BCUT2D eigenvalue weighted by molar-refractivity contribution is -0.137. The average Bonchev–Trinajstić information content (AvgIpc) is 3.24. The van der Waals surface area contributed by atoms with Gasteiger partial charge in [-0.05, 0) is 37.3 Å². The molecule has 0 N–H and O–H groups in total. The third kappa shape index (κ3) is 5.19. The highest BCUT2D eigenvalue weighted by molar-refractivity contribution is 5.90. The van der Waals surface area contributed by atoms with Crippen LogP contribution in [0.1, 0.15) is 21.7 Å². The van der Waals surface area contributed by atoms with E-state index in [0.29, 0.717) is 43.2 Å². The Morgan fingerprint density at radius 3 is 2.29 bits per heavy atom. The summed E-state index contributed by atoms with van der Waals surface area (Å²) in [6.45, 7) is 2.50. The van der Waals surface area contributed by atoms with Crippen LogP contribution in [0.5, 0.6) is 0 Å². The highest BCUT2D eigenvalue weighted by atomic mass is 19.4. The quantitative estimate of drug-likeness (QED) is 0.530. The Bertz CT molecular complexity index is 1170. The molecule has 2 heterocycles. The number of hydrogen-bond acceptors (Lipinski definition) is 6. The molecule has 1 amide bonds. The van der Waals surface area contributed by atoms with Gasteiger partial charge >= 0.3 is 12.1 Å². The van der Waals surface area contributed by atoms with Crippen molar-refractivity contribution in [1.82, 2.24) is 19.9 Å². The van der Waals surface area contributed by atoms with Crippen LogP contribution in [0.25, 0.3) is 5.69 Å². The van der Waals surface area contributed by atoms with Gasteiger partial charge in [-0.15, -0.1) is 5.10 Å². The van der Waals surface area contributed by atoms with Crippen molar-refractivity contribution in [2.45, 2.75) is 13.1 Å². The van der Waals surface area contributed by atoms with Crippen molar-refractivity contribution in [1.29, 1.82) is 0 Å². The van der Waals surface area contributed by atoms with Gasteiger partial charge in [0, 0.05) is 31.9 Å². The van der Waals surface area contributed by atoms with E-state index in [0.717, 1.165) is 12.1 Å². The summed E-state index contributed by atoms with van der Waals surface area (Å²) in [5, 5.41) is 8.37. The molecule has 1 aromatic heterocycles. The van der Waals surface area contributed by atoms with E-state index < -0.39 is 24.3 Å². The lowest BCUT2D eigenvalue weighted by Gasteiger charge is -2.36. The van der Waals surface area contributed by atoms with Crippen LogP contribution in [0.2, 0.25) is 0 Å². The molecule has 4 rings (SSSR count). The predicted molar refractivity (Wildman–Crippen MR) is 117 cm³/mol. The second kappa shape index (κ2) is 9.54. The first kappa shape index (κ1) is 23.3. The molecular formula is C23H22F3N5O3. The van der Waals surface area contributed by atoms with E-state index in [2.05, 4.69) is 10.2 Å². The molecule has 178 valence electrons. The van der Waals surface area contributed by atoms with Gasteiger partial charge in [-0.1, -0.05) is 24.3 Å². The molecule has 0 radical (unpaired) electrons. The highest BCUT2D eigenvalue weighted by Gasteiger charge is 2.31. The maximum atomic E-state index is 13.0.